The van der Waals surface area contributed by atoms with Gasteiger partial charge >= 0.3 is 6.18 Å². The number of thiazole rings is 1. The van der Waals surface area contributed by atoms with Crippen LogP contribution in [0.1, 0.15) is 10.4 Å². The number of alkyl halides is 3. The minimum Gasteiger partial charge on any atom is -0.467 e. The number of hydrogen-bond donors (Lipinski definition) is 0. The molecule has 2 aromatic rings. The Bertz CT molecular complexity index is 716. The highest BCUT2D eigenvalue weighted by Crippen LogP contribution is 2.23. The van der Waals surface area contributed by atoms with Gasteiger partial charge in [0.25, 0.3) is 5.91 Å². The van der Waals surface area contributed by atoms with E-state index in [4.69, 9.17) is 4.74 Å². The Morgan fingerprint density at radius 1 is 1.20 bits per heavy atom. The maximum Gasteiger partial charge on any atom is 0.422 e. The van der Waals surface area contributed by atoms with Crippen molar-refractivity contribution in [3.05, 3.63) is 35.5 Å². The number of ether oxygens (including phenoxy) is 1. The van der Waals surface area contributed by atoms with Crippen molar-refractivity contribution in [2.75, 3.05) is 37.7 Å². The van der Waals surface area contributed by atoms with E-state index < -0.39 is 12.8 Å². The van der Waals surface area contributed by atoms with Crippen LogP contribution in [0.4, 0.5) is 18.3 Å². The highest BCUT2D eigenvalue weighted by Gasteiger charge is 2.31. The van der Waals surface area contributed by atoms with E-state index in [1.807, 2.05) is 5.38 Å². The Morgan fingerprint density at radius 2 is 1.96 bits per heavy atom. The van der Waals surface area contributed by atoms with Crippen LogP contribution in [0.3, 0.4) is 0 Å². The van der Waals surface area contributed by atoms with Gasteiger partial charge in [-0.15, -0.1) is 11.3 Å². The third kappa shape index (κ3) is 4.38. The van der Waals surface area contributed by atoms with Gasteiger partial charge in [-0.25, -0.2) is 9.97 Å². The van der Waals surface area contributed by atoms with Crippen LogP contribution in [0.15, 0.2) is 29.9 Å². The van der Waals surface area contributed by atoms with E-state index in [9.17, 15) is 18.0 Å². The highest BCUT2D eigenvalue weighted by molar-refractivity contribution is 7.13. The predicted octanol–water partition coefficient (Wildman–Crippen LogP) is 2.44. The summed E-state index contributed by atoms with van der Waals surface area (Å²) in [4.78, 5) is 24.3. The summed E-state index contributed by atoms with van der Waals surface area (Å²) in [6.07, 6.45) is -1.47. The monoisotopic (exact) mass is 372 g/mol. The summed E-state index contributed by atoms with van der Waals surface area (Å²) in [6.45, 7) is 0.636. The lowest BCUT2D eigenvalue weighted by atomic mass is 10.2. The van der Waals surface area contributed by atoms with Gasteiger partial charge in [-0.1, -0.05) is 0 Å². The van der Waals surface area contributed by atoms with Gasteiger partial charge in [-0.05, 0) is 12.1 Å². The number of hydrogen-bond acceptors (Lipinski definition) is 6. The van der Waals surface area contributed by atoms with Crippen LogP contribution < -0.4 is 9.64 Å². The number of piperazine rings is 1. The van der Waals surface area contributed by atoms with Crippen molar-refractivity contribution in [3.8, 4) is 5.88 Å². The number of anilines is 1. The van der Waals surface area contributed by atoms with Crippen LogP contribution in [-0.2, 0) is 0 Å². The number of halogens is 3. The molecular formula is C15H15F3N4O2S. The summed E-state index contributed by atoms with van der Waals surface area (Å²) >= 11 is 1.52. The second-order valence-corrected chi connectivity index (χ2v) is 6.23. The summed E-state index contributed by atoms with van der Waals surface area (Å²) in [5, 5.41) is 2.77. The molecule has 134 valence electrons. The zero-order valence-corrected chi connectivity index (χ0v) is 13.9. The Hall–Kier alpha value is -2.36. The Kier molecular flexibility index (Phi) is 5.07. The van der Waals surface area contributed by atoms with E-state index in [1.54, 1.807) is 11.1 Å². The Balaban J connectivity index is 1.65. The molecule has 0 atom stereocenters. The summed E-state index contributed by atoms with van der Waals surface area (Å²) < 4.78 is 41.7. The molecule has 1 aliphatic rings. The molecule has 0 saturated carbocycles. The average Bonchev–Trinajstić information content (AvgIpc) is 3.14. The van der Waals surface area contributed by atoms with Gasteiger partial charge < -0.3 is 14.5 Å². The molecule has 1 saturated heterocycles. The van der Waals surface area contributed by atoms with Crippen molar-refractivity contribution < 1.29 is 22.7 Å². The number of amides is 1. The molecule has 1 aliphatic heterocycles. The molecule has 10 heteroatoms. The Labute approximate surface area is 145 Å². The van der Waals surface area contributed by atoms with Crippen LogP contribution in [0, 0.1) is 0 Å². The lowest BCUT2D eigenvalue weighted by Crippen LogP contribution is -2.48. The van der Waals surface area contributed by atoms with E-state index in [0.29, 0.717) is 26.2 Å². The first kappa shape index (κ1) is 17.5. The topological polar surface area (TPSA) is 58.6 Å². The van der Waals surface area contributed by atoms with Gasteiger partial charge in [0.1, 0.15) is 5.56 Å². The third-order valence-electron chi connectivity index (χ3n) is 3.63. The molecular weight excluding hydrogens is 357 g/mol. The normalized spacial score (nSPS) is 15.3. The number of aromatic nitrogens is 2. The van der Waals surface area contributed by atoms with Crippen LogP contribution in [0.5, 0.6) is 5.88 Å². The zero-order chi connectivity index (χ0) is 17.9. The molecule has 0 bridgehead atoms. The fraction of sp³-hybridized carbons (Fsp3) is 0.400. The third-order valence-corrected chi connectivity index (χ3v) is 4.46. The number of rotatable bonds is 4. The van der Waals surface area contributed by atoms with E-state index in [1.165, 1.54) is 29.7 Å². The first-order valence-corrected chi connectivity index (χ1v) is 8.40. The lowest BCUT2D eigenvalue weighted by molar-refractivity contribution is -0.154. The quantitative estimate of drug-likeness (QED) is 0.825. The number of nitrogens with zero attached hydrogens (tertiary/aromatic N) is 4. The molecule has 0 N–H and O–H groups in total. The fourth-order valence-electron chi connectivity index (χ4n) is 2.46. The minimum absolute atomic E-state index is 0.0365. The molecule has 3 rings (SSSR count). The maximum atomic E-state index is 12.6. The molecule has 1 amide bonds. The minimum atomic E-state index is -4.49. The van der Waals surface area contributed by atoms with Crippen molar-refractivity contribution in [1.82, 2.24) is 14.9 Å². The first-order chi connectivity index (χ1) is 11.9. The van der Waals surface area contributed by atoms with E-state index in [-0.39, 0.29) is 17.4 Å². The molecule has 3 heterocycles. The second kappa shape index (κ2) is 7.26. The molecule has 6 nitrogen and oxygen atoms in total. The summed E-state index contributed by atoms with van der Waals surface area (Å²) in [5.41, 5.74) is 0.0365. The van der Waals surface area contributed by atoms with Crippen LogP contribution in [0.25, 0.3) is 0 Å². The first-order valence-electron chi connectivity index (χ1n) is 7.52. The second-order valence-electron chi connectivity index (χ2n) is 5.35. The molecule has 0 aliphatic carbocycles. The van der Waals surface area contributed by atoms with E-state index in [0.717, 1.165) is 5.13 Å². The largest absolute Gasteiger partial charge is 0.467 e. The lowest BCUT2D eigenvalue weighted by Gasteiger charge is -2.34. The van der Waals surface area contributed by atoms with Crippen molar-refractivity contribution in [1.29, 1.82) is 0 Å². The predicted molar refractivity (Wildman–Crippen MR) is 86.0 cm³/mol. The summed E-state index contributed by atoms with van der Waals surface area (Å²) in [5.74, 6) is -0.684. The van der Waals surface area contributed by atoms with Crippen molar-refractivity contribution in [3.63, 3.8) is 0 Å². The maximum absolute atomic E-state index is 12.6. The van der Waals surface area contributed by atoms with Gasteiger partial charge in [0.2, 0.25) is 5.88 Å². The number of pyridine rings is 1. The fourth-order valence-corrected chi connectivity index (χ4v) is 3.16. The van der Waals surface area contributed by atoms with E-state index in [2.05, 4.69) is 14.9 Å². The van der Waals surface area contributed by atoms with Crippen LogP contribution in [0.2, 0.25) is 0 Å². The Morgan fingerprint density at radius 3 is 2.60 bits per heavy atom. The summed E-state index contributed by atoms with van der Waals surface area (Å²) in [7, 11) is 0. The van der Waals surface area contributed by atoms with Gasteiger partial charge in [0.15, 0.2) is 11.7 Å². The highest BCUT2D eigenvalue weighted by atomic mass is 32.1. The van der Waals surface area contributed by atoms with E-state index >= 15 is 0 Å². The van der Waals surface area contributed by atoms with Crippen LogP contribution >= 0.6 is 11.3 Å². The molecule has 0 spiro atoms. The van der Waals surface area contributed by atoms with Gasteiger partial charge in [0, 0.05) is 44.0 Å². The number of carbonyl (C=O) groups is 1. The average molecular weight is 372 g/mol. The summed E-state index contributed by atoms with van der Waals surface area (Å²) in [6, 6.07) is 2.92. The molecule has 1 fully saturated rings. The molecule has 2 aromatic heterocycles. The smallest absolute Gasteiger partial charge is 0.422 e. The van der Waals surface area contributed by atoms with Crippen molar-refractivity contribution >= 4 is 22.4 Å². The van der Waals surface area contributed by atoms with Crippen molar-refractivity contribution in [2.45, 2.75) is 6.18 Å². The molecule has 25 heavy (non-hydrogen) atoms. The van der Waals surface area contributed by atoms with Gasteiger partial charge in [-0.3, -0.25) is 4.79 Å². The molecule has 0 radical (unpaired) electrons. The van der Waals surface area contributed by atoms with Crippen LogP contribution in [-0.4, -0.2) is 59.7 Å². The number of carbonyl (C=O) groups excluding carboxylic acids is 1. The van der Waals surface area contributed by atoms with Gasteiger partial charge in [0.05, 0.1) is 0 Å². The van der Waals surface area contributed by atoms with Crippen molar-refractivity contribution in [2.24, 2.45) is 0 Å². The molecule has 0 unspecified atom stereocenters. The zero-order valence-electron chi connectivity index (χ0n) is 13.1. The standard InChI is InChI=1S/C15H15F3N4O2S/c16-15(17,18)10-24-12-11(2-1-3-19-12)13(23)21-5-7-22(8-6-21)14-20-4-9-25-14/h1-4,9H,5-8,10H2. The van der Waals surface area contributed by atoms with Gasteiger partial charge in [-0.2, -0.15) is 13.2 Å². The SMILES string of the molecule is O=C(c1cccnc1OCC(F)(F)F)N1CCN(c2nccs2)CC1. The molecule has 0 aromatic carbocycles.